The van der Waals surface area contributed by atoms with Crippen LogP contribution in [-0.4, -0.2) is 17.2 Å². The van der Waals surface area contributed by atoms with Crippen LogP contribution in [0.4, 0.5) is 0 Å². The van der Waals surface area contributed by atoms with Crippen LogP contribution in [0.25, 0.3) is 11.1 Å². The lowest BCUT2D eigenvalue weighted by Gasteiger charge is -2.03. The first-order valence-electron chi connectivity index (χ1n) is 5.37. The number of rotatable bonds is 4. The van der Waals surface area contributed by atoms with E-state index < -0.39 is 5.97 Å². The highest BCUT2D eigenvalue weighted by Crippen LogP contribution is 2.19. The van der Waals surface area contributed by atoms with Crippen molar-refractivity contribution < 1.29 is 9.90 Å². The predicted octanol–water partition coefficient (Wildman–Crippen LogP) is 2.74. The first-order valence-corrected chi connectivity index (χ1v) is 6.57. The molecule has 0 saturated heterocycles. The largest absolute Gasteiger partial charge is 0.481 e. The van der Waals surface area contributed by atoms with Crippen molar-refractivity contribution in [2.45, 2.75) is 0 Å². The van der Waals surface area contributed by atoms with Crippen LogP contribution in [0, 0.1) is 0 Å². The van der Waals surface area contributed by atoms with Crippen molar-refractivity contribution in [3.8, 4) is 11.1 Å². The van der Waals surface area contributed by atoms with Gasteiger partial charge < -0.3 is 5.11 Å². The van der Waals surface area contributed by atoms with Crippen molar-refractivity contribution >= 4 is 19.9 Å². The zero-order valence-electron chi connectivity index (χ0n) is 9.26. The summed E-state index contributed by atoms with van der Waals surface area (Å²) in [6.45, 7) is 0. The highest BCUT2D eigenvalue weighted by atomic mass is 31.1. The van der Waals surface area contributed by atoms with E-state index in [1.54, 1.807) is 0 Å². The molecule has 1 N–H and O–H groups in total. The Bertz CT molecular complexity index is 491. The minimum absolute atomic E-state index is 0.213. The molecule has 0 aliphatic rings. The molecule has 0 aliphatic heterocycles. The second-order valence-electron chi connectivity index (χ2n) is 3.69. The maximum Gasteiger partial charge on any atom is 0.307 e. The van der Waals surface area contributed by atoms with E-state index in [4.69, 9.17) is 5.11 Å². The van der Waals surface area contributed by atoms with Crippen molar-refractivity contribution in [1.82, 2.24) is 0 Å². The van der Waals surface area contributed by atoms with E-state index >= 15 is 0 Å². The molecule has 0 heterocycles. The van der Waals surface area contributed by atoms with Gasteiger partial charge in [-0.15, -0.1) is 0 Å². The van der Waals surface area contributed by atoms with E-state index in [-0.39, 0.29) is 6.16 Å². The number of aliphatic carboxylic acids is 1. The van der Waals surface area contributed by atoms with Gasteiger partial charge in [0.15, 0.2) is 0 Å². The maximum atomic E-state index is 10.5. The molecule has 0 bridgehead atoms. The highest BCUT2D eigenvalue weighted by molar-refractivity contribution is 7.48. The van der Waals surface area contributed by atoms with Crippen LogP contribution in [-0.2, 0) is 4.79 Å². The van der Waals surface area contributed by atoms with E-state index in [1.165, 1.54) is 5.56 Å². The SMILES string of the molecule is O=C(O)CPc1ccc(-c2ccccc2)cc1. The maximum absolute atomic E-state index is 10.5. The van der Waals surface area contributed by atoms with Gasteiger partial charge in [-0.1, -0.05) is 63.2 Å². The number of carboxylic acid groups (broad SMARTS) is 1. The molecule has 1 unspecified atom stereocenters. The molecule has 2 aromatic rings. The van der Waals surface area contributed by atoms with E-state index in [0.717, 1.165) is 10.9 Å². The predicted molar refractivity (Wildman–Crippen MR) is 72.3 cm³/mol. The molecule has 86 valence electrons. The van der Waals surface area contributed by atoms with E-state index in [1.807, 2.05) is 42.5 Å². The zero-order valence-corrected chi connectivity index (χ0v) is 10.3. The van der Waals surface area contributed by atoms with Gasteiger partial charge in [0.25, 0.3) is 0 Å². The fraction of sp³-hybridized carbons (Fsp3) is 0.0714. The number of carboxylic acids is 1. The average molecular weight is 244 g/mol. The van der Waals surface area contributed by atoms with Crippen molar-refractivity contribution in [3.63, 3.8) is 0 Å². The van der Waals surface area contributed by atoms with Gasteiger partial charge in [-0.05, 0) is 16.4 Å². The van der Waals surface area contributed by atoms with E-state index in [2.05, 4.69) is 12.1 Å². The second-order valence-corrected chi connectivity index (χ2v) is 4.98. The average Bonchev–Trinajstić information content (AvgIpc) is 2.38. The minimum atomic E-state index is -0.740. The summed E-state index contributed by atoms with van der Waals surface area (Å²) in [7, 11) is 0.339. The summed E-state index contributed by atoms with van der Waals surface area (Å²) in [5.74, 6) is -0.740. The smallest absolute Gasteiger partial charge is 0.307 e. The number of hydrogen-bond donors (Lipinski definition) is 1. The Balaban J connectivity index is 2.11. The molecule has 0 saturated carbocycles. The molecule has 1 atom stereocenters. The summed E-state index contributed by atoms with van der Waals surface area (Å²) < 4.78 is 0. The summed E-state index contributed by atoms with van der Waals surface area (Å²) in [6, 6.07) is 18.2. The van der Waals surface area contributed by atoms with E-state index in [9.17, 15) is 4.79 Å². The van der Waals surface area contributed by atoms with Gasteiger partial charge in [0.05, 0.1) is 6.16 Å². The fourth-order valence-electron chi connectivity index (χ4n) is 1.59. The molecule has 0 fully saturated rings. The minimum Gasteiger partial charge on any atom is -0.481 e. The van der Waals surface area contributed by atoms with Crippen LogP contribution in [0.3, 0.4) is 0 Å². The molecular weight excluding hydrogens is 231 g/mol. The molecule has 0 radical (unpaired) electrons. The highest BCUT2D eigenvalue weighted by Gasteiger charge is 2.00. The molecule has 0 aromatic heterocycles. The summed E-state index contributed by atoms with van der Waals surface area (Å²) in [6.07, 6.45) is 0.213. The topological polar surface area (TPSA) is 37.3 Å². The van der Waals surface area contributed by atoms with Gasteiger partial charge in [-0.2, -0.15) is 0 Å². The van der Waals surface area contributed by atoms with Crippen molar-refractivity contribution in [2.24, 2.45) is 0 Å². The van der Waals surface area contributed by atoms with Gasteiger partial charge in [0.1, 0.15) is 0 Å². The van der Waals surface area contributed by atoms with Crippen LogP contribution in [0.15, 0.2) is 54.6 Å². The number of benzene rings is 2. The third-order valence-corrected chi connectivity index (χ3v) is 3.66. The summed E-state index contributed by atoms with van der Waals surface area (Å²) in [5.41, 5.74) is 2.34. The first kappa shape index (κ1) is 11.8. The third-order valence-electron chi connectivity index (χ3n) is 2.44. The summed E-state index contributed by atoms with van der Waals surface area (Å²) >= 11 is 0. The Morgan fingerprint density at radius 1 is 0.941 bits per heavy atom. The molecule has 3 heteroatoms. The zero-order chi connectivity index (χ0) is 12.1. The molecule has 2 rings (SSSR count). The van der Waals surface area contributed by atoms with Gasteiger partial charge >= 0.3 is 5.97 Å². The van der Waals surface area contributed by atoms with Gasteiger partial charge in [0, 0.05) is 0 Å². The molecular formula is C14H13O2P. The lowest BCUT2D eigenvalue weighted by molar-refractivity contribution is -0.133. The van der Waals surface area contributed by atoms with Crippen LogP contribution in [0.5, 0.6) is 0 Å². The first-order chi connectivity index (χ1) is 8.25. The monoisotopic (exact) mass is 244 g/mol. The second kappa shape index (κ2) is 5.60. The normalized spacial score (nSPS) is 10.8. The van der Waals surface area contributed by atoms with Gasteiger partial charge in [-0.3, -0.25) is 4.79 Å². The van der Waals surface area contributed by atoms with Gasteiger partial charge in [0.2, 0.25) is 0 Å². The van der Waals surface area contributed by atoms with Crippen molar-refractivity contribution in [3.05, 3.63) is 54.6 Å². The molecule has 2 nitrogen and oxygen atoms in total. The van der Waals surface area contributed by atoms with Crippen molar-refractivity contribution in [1.29, 1.82) is 0 Å². The lowest BCUT2D eigenvalue weighted by atomic mass is 10.1. The number of hydrogen-bond acceptors (Lipinski definition) is 1. The van der Waals surface area contributed by atoms with Crippen LogP contribution in [0.2, 0.25) is 0 Å². The van der Waals surface area contributed by atoms with Crippen molar-refractivity contribution in [2.75, 3.05) is 6.16 Å². The van der Waals surface area contributed by atoms with Crippen LogP contribution in [0.1, 0.15) is 0 Å². The standard InChI is InChI=1S/C14H13O2P/c15-14(16)10-17-13-8-6-12(7-9-13)11-4-2-1-3-5-11/h1-9,17H,10H2,(H,15,16). The molecule has 17 heavy (non-hydrogen) atoms. The van der Waals surface area contributed by atoms with E-state index in [0.29, 0.717) is 8.58 Å². The Morgan fingerprint density at radius 3 is 2.12 bits per heavy atom. The molecule has 0 aliphatic carbocycles. The van der Waals surface area contributed by atoms with Crippen LogP contribution >= 0.6 is 8.58 Å². The van der Waals surface area contributed by atoms with Gasteiger partial charge in [-0.25, -0.2) is 0 Å². The lowest BCUT2D eigenvalue weighted by Crippen LogP contribution is -2.02. The molecule has 0 amide bonds. The quantitative estimate of drug-likeness (QED) is 0.840. The fourth-order valence-corrected chi connectivity index (χ4v) is 2.35. The Hall–Kier alpha value is -1.66. The Morgan fingerprint density at radius 2 is 1.53 bits per heavy atom. The molecule has 0 spiro atoms. The Kier molecular flexibility index (Phi) is 3.89. The third kappa shape index (κ3) is 3.40. The number of carbonyl (C=O) groups is 1. The Labute approximate surface area is 102 Å². The molecule has 2 aromatic carbocycles. The summed E-state index contributed by atoms with van der Waals surface area (Å²) in [4.78, 5) is 10.5. The summed E-state index contributed by atoms with van der Waals surface area (Å²) in [5, 5.41) is 9.70. The van der Waals surface area contributed by atoms with Crippen LogP contribution < -0.4 is 5.30 Å².